The number of ether oxygens (including phenoxy) is 1. The molecule has 1 fully saturated rings. The molecule has 0 radical (unpaired) electrons. The Bertz CT molecular complexity index is 840. The average Bonchev–Trinajstić information content (AvgIpc) is 2.70. The SMILES string of the molecule is CCOc1ccc(C2CCC(C=Cc3ccc(CO)c(F)c3F)CC2)c(F)c1. The molecule has 5 heteroatoms. The van der Waals surface area contributed by atoms with Crippen molar-refractivity contribution in [2.45, 2.75) is 45.1 Å². The molecule has 0 atom stereocenters. The fraction of sp³-hybridized carbons (Fsp3) is 0.391. The smallest absolute Gasteiger partial charge is 0.166 e. The van der Waals surface area contributed by atoms with Gasteiger partial charge in [-0.3, -0.25) is 0 Å². The van der Waals surface area contributed by atoms with Crippen LogP contribution >= 0.6 is 0 Å². The first-order valence-electron chi connectivity index (χ1n) is 9.71. The second-order valence-electron chi connectivity index (χ2n) is 7.19. The summed E-state index contributed by atoms with van der Waals surface area (Å²) >= 11 is 0. The average molecular weight is 390 g/mol. The van der Waals surface area contributed by atoms with Crippen LogP contribution in [0.4, 0.5) is 13.2 Å². The van der Waals surface area contributed by atoms with Crippen molar-refractivity contribution in [1.82, 2.24) is 0 Å². The fourth-order valence-corrected chi connectivity index (χ4v) is 3.81. The quantitative estimate of drug-likeness (QED) is 0.657. The summed E-state index contributed by atoms with van der Waals surface area (Å²) in [6, 6.07) is 7.92. The molecule has 1 aliphatic rings. The Morgan fingerprint density at radius 1 is 1.04 bits per heavy atom. The molecule has 28 heavy (non-hydrogen) atoms. The van der Waals surface area contributed by atoms with E-state index in [2.05, 4.69) is 0 Å². The van der Waals surface area contributed by atoms with Gasteiger partial charge in [0.25, 0.3) is 0 Å². The molecule has 0 aliphatic heterocycles. The molecule has 0 aromatic heterocycles. The summed E-state index contributed by atoms with van der Waals surface area (Å²) in [5.74, 6) is -1.21. The largest absolute Gasteiger partial charge is 0.494 e. The van der Waals surface area contributed by atoms with Gasteiger partial charge >= 0.3 is 0 Å². The van der Waals surface area contributed by atoms with Gasteiger partial charge in [0.2, 0.25) is 0 Å². The number of hydrogen-bond acceptors (Lipinski definition) is 2. The predicted octanol–water partition coefficient (Wildman–Crippen LogP) is 5.98. The molecule has 2 nitrogen and oxygen atoms in total. The van der Waals surface area contributed by atoms with E-state index >= 15 is 0 Å². The maximum absolute atomic E-state index is 14.4. The minimum absolute atomic E-state index is 0.0486. The lowest BCUT2D eigenvalue weighted by Gasteiger charge is -2.27. The standard InChI is InChI=1S/C23H25F3O2/c1-2-28-19-11-12-20(21(24)13-19)16-6-3-15(4-7-16)5-8-17-9-10-18(14-27)23(26)22(17)25/h5,8-13,15-16,27H,2-4,6-7,14H2,1H3. The maximum Gasteiger partial charge on any atom is 0.166 e. The first-order chi connectivity index (χ1) is 13.5. The second-order valence-corrected chi connectivity index (χ2v) is 7.19. The van der Waals surface area contributed by atoms with Crippen LogP contribution in [0.2, 0.25) is 0 Å². The number of aliphatic hydroxyl groups excluding tert-OH is 1. The molecule has 0 amide bonds. The summed E-state index contributed by atoms with van der Waals surface area (Å²) in [5, 5.41) is 8.99. The molecule has 1 N–H and O–H groups in total. The van der Waals surface area contributed by atoms with Crippen LogP contribution in [0.1, 0.15) is 55.2 Å². The Morgan fingerprint density at radius 3 is 2.43 bits per heavy atom. The molecular weight excluding hydrogens is 365 g/mol. The van der Waals surface area contributed by atoms with Crippen molar-refractivity contribution in [3.63, 3.8) is 0 Å². The van der Waals surface area contributed by atoms with Gasteiger partial charge in [0.1, 0.15) is 11.6 Å². The molecule has 1 saturated carbocycles. The van der Waals surface area contributed by atoms with Crippen LogP contribution in [0.3, 0.4) is 0 Å². The van der Waals surface area contributed by atoms with Crippen molar-refractivity contribution in [3.05, 3.63) is 70.5 Å². The molecule has 0 bridgehead atoms. The van der Waals surface area contributed by atoms with Crippen LogP contribution in [0.15, 0.2) is 36.4 Å². The van der Waals surface area contributed by atoms with E-state index < -0.39 is 18.2 Å². The zero-order valence-electron chi connectivity index (χ0n) is 15.9. The van der Waals surface area contributed by atoms with Crippen molar-refractivity contribution in [2.75, 3.05) is 6.61 Å². The van der Waals surface area contributed by atoms with Crippen LogP contribution in [-0.4, -0.2) is 11.7 Å². The minimum atomic E-state index is -1.00. The topological polar surface area (TPSA) is 29.5 Å². The van der Waals surface area contributed by atoms with Gasteiger partial charge in [-0.25, -0.2) is 13.2 Å². The highest BCUT2D eigenvalue weighted by Crippen LogP contribution is 2.38. The van der Waals surface area contributed by atoms with Gasteiger partial charge in [-0.15, -0.1) is 0 Å². The summed E-state index contributed by atoms with van der Waals surface area (Å²) < 4.78 is 47.5. The normalized spacial score (nSPS) is 19.9. The van der Waals surface area contributed by atoms with Crippen molar-refractivity contribution in [3.8, 4) is 5.75 Å². The van der Waals surface area contributed by atoms with E-state index in [1.807, 2.05) is 19.1 Å². The predicted molar refractivity (Wildman–Crippen MR) is 104 cm³/mol. The molecule has 150 valence electrons. The molecule has 3 rings (SSSR count). The van der Waals surface area contributed by atoms with Crippen molar-refractivity contribution >= 4 is 6.08 Å². The second kappa shape index (κ2) is 9.28. The van der Waals surface area contributed by atoms with Crippen LogP contribution in [0.5, 0.6) is 5.75 Å². The highest BCUT2D eigenvalue weighted by molar-refractivity contribution is 5.51. The molecule has 1 aliphatic carbocycles. The van der Waals surface area contributed by atoms with Gasteiger partial charge in [-0.1, -0.05) is 30.4 Å². The first-order valence-corrected chi connectivity index (χ1v) is 9.71. The monoisotopic (exact) mass is 390 g/mol. The maximum atomic E-state index is 14.4. The molecule has 0 unspecified atom stereocenters. The van der Waals surface area contributed by atoms with E-state index in [1.54, 1.807) is 12.1 Å². The molecule has 0 spiro atoms. The van der Waals surface area contributed by atoms with Crippen molar-refractivity contribution in [1.29, 1.82) is 0 Å². The van der Waals surface area contributed by atoms with E-state index in [1.165, 1.54) is 18.2 Å². The van der Waals surface area contributed by atoms with Crippen LogP contribution in [0.25, 0.3) is 6.08 Å². The van der Waals surface area contributed by atoms with Gasteiger partial charge in [0, 0.05) is 17.2 Å². The Balaban J connectivity index is 1.61. The number of aliphatic hydroxyl groups is 1. The van der Waals surface area contributed by atoms with Crippen LogP contribution in [-0.2, 0) is 6.61 Å². The molecule has 2 aromatic carbocycles. The number of benzene rings is 2. The molecule has 2 aromatic rings. The Morgan fingerprint density at radius 2 is 1.79 bits per heavy atom. The lowest BCUT2D eigenvalue weighted by atomic mass is 9.78. The van der Waals surface area contributed by atoms with Gasteiger partial charge in [-0.05, 0) is 56.1 Å². The Kier molecular flexibility index (Phi) is 6.79. The zero-order chi connectivity index (χ0) is 20.1. The highest BCUT2D eigenvalue weighted by Gasteiger charge is 2.23. The van der Waals surface area contributed by atoms with E-state index in [0.717, 1.165) is 31.2 Å². The number of halogens is 3. The van der Waals surface area contributed by atoms with Gasteiger partial charge in [0.15, 0.2) is 11.6 Å². The van der Waals surface area contributed by atoms with Crippen LogP contribution in [0, 0.1) is 23.4 Å². The Labute approximate surface area is 163 Å². The third-order valence-corrected chi connectivity index (χ3v) is 5.41. The molecule has 0 heterocycles. The van der Waals surface area contributed by atoms with E-state index in [-0.39, 0.29) is 28.8 Å². The first kappa shape index (κ1) is 20.5. The summed E-state index contributed by atoms with van der Waals surface area (Å²) in [5.41, 5.74) is 0.848. The third-order valence-electron chi connectivity index (χ3n) is 5.41. The lowest BCUT2D eigenvalue weighted by Crippen LogP contribution is -2.13. The lowest BCUT2D eigenvalue weighted by molar-refractivity contribution is 0.273. The third kappa shape index (κ3) is 4.58. The van der Waals surface area contributed by atoms with Crippen molar-refractivity contribution in [2.24, 2.45) is 5.92 Å². The Hall–Kier alpha value is -2.27. The summed E-state index contributed by atoms with van der Waals surface area (Å²) in [6.07, 6.45) is 6.93. The number of hydrogen-bond donors (Lipinski definition) is 1. The molecule has 0 saturated heterocycles. The fourth-order valence-electron chi connectivity index (χ4n) is 3.81. The van der Waals surface area contributed by atoms with Gasteiger partial charge in [-0.2, -0.15) is 0 Å². The summed E-state index contributed by atoms with van der Waals surface area (Å²) in [6.45, 7) is 1.84. The summed E-state index contributed by atoms with van der Waals surface area (Å²) in [7, 11) is 0. The van der Waals surface area contributed by atoms with Crippen molar-refractivity contribution < 1.29 is 23.0 Å². The summed E-state index contributed by atoms with van der Waals surface area (Å²) in [4.78, 5) is 0. The van der Waals surface area contributed by atoms with Gasteiger partial charge in [0.05, 0.1) is 13.2 Å². The van der Waals surface area contributed by atoms with E-state index in [4.69, 9.17) is 9.84 Å². The van der Waals surface area contributed by atoms with Gasteiger partial charge < -0.3 is 9.84 Å². The zero-order valence-corrected chi connectivity index (χ0v) is 15.9. The highest BCUT2D eigenvalue weighted by atomic mass is 19.2. The minimum Gasteiger partial charge on any atom is -0.494 e. The number of allylic oxidation sites excluding steroid dienone is 1. The van der Waals surface area contributed by atoms with E-state index in [0.29, 0.717) is 12.4 Å². The molecular formula is C23H25F3O2. The van der Waals surface area contributed by atoms with E-state index in [9.17, 15) is 13.2 Å². The van der Waals surface area contributed by atoms with Crippen LogP contribution < -0.4 is 4.74 Å². The number of rotatable bonds is 6.